The quantitative estimate of drug-likeness (QED) is 0.626. The van der Waals surface area contributed by atoms with Crippen molar-refractivity contribution in [2.45, 2.75) is 30.1 Å². The topological polar surface area (TPSA) is 35.6 Å². The summed E-state index contributed by atoms with van der Waals surface area (Å²) in [4.78, 5) is 4.37. The summed E-state index contributed by atoms with van der Waals surface area (Å²) >= 11 is 7.53. The van der Waals surface area contributed by atoms with E-state index in [1.165, 1.54) is 5.69 Å². The van der Waals surface area contributed by atoms with Crippen molar-refractivity contribution in [1.29, 1.82) is 0 Å². The number of alkyl halides is 1. The minimum atomic E-state index is 0.496. The molecule has 0 atom stereocenters. The van der Waals surface area contributed by atoms with Crippen molar-refractivity contribution < 1.29 is 0 Å². The summed E-state index contributed by atoms with van der Waals surface area (Å²) in [7, 11) is 3.98. The monoisotopic (exact) mass is 284 g/mol. The number of aromatic nitrogens is 4. The Balaban J connectivity index is 2.06. The summed E-state index contributed by atoms with van der Waals surface area (Å²) < 4.78 is 3.98. The van der Waals surface area contributed by atoms with E-state index in [4.69, 9.17) is 11.6 Å². The van der Waals surface area contributed by atoms with Crippen LogP contribution in [0.2, 0.25) is 0 Å². The van der Waals surface area contributed by atoms with Gasteiger partial charge in [0.2, 0.25) is 0 Å². The largest absolute Gasteiger partial charge is 0.325 e. The first-order valence-electron chi connectivity index (χ1n) is 5.86. The van der Waals surface area contributed by atoms with Gasteiger partial charge in [-0.15, -0.1) is 11.6 Å². The van der Waals surface area contributed by atoms with Gasteiger partial charge in [-0.3, -0.25) is 4.68 Å². The number of aryl methyl sites for hydroxylation is 2. The van der Waals surface area contributed by atoms with Crippen LogP contribution in [0.1, 0.15) is 24.0 Å². The van der Waals surface area contributed by atoms with Crippen LogP contribution < -0.4 is 0 Å². The molecule has 2 aromatic rings. The fourth-order valence-corrected chi connectivity index (χ4v) is 2.94. The molecule has 2 rings (SSSR count). The molecule has 6 heteroatoms. The number of rotatable bonds is 5. The van der Waals surface area contributed by atoms with Crippen LogP contribution in [0.5, 0.6) is 0 Å². The van der Waals surface area contributed by atoms with Crippen molar-refractivity contribution in [3.63, 3.8) is 0 Å². The van der Waals surface area contributed by atoms with E-state index in [9.17, 15) is 0 Å². The molecule has 98 valence electrons. The highest BCUT2D eigenvalue weighted by Crippen LogP contribution is 2.22. The summed E-state index contributed by atoms with van der Waals surface area (Å²) in [5, 5.41) is 5.43. The average Bonchev–Trinajstić information content (AvgIpc) is 2.90. The van der Waals surface area contributed by atoms with Gasteiger partial charge in [-0.25, -0.2) is 4.98 Å². The molecule has 0 N–H and O–H groups in total. The van der Waals surface area contributed by atoms with Gasteiger partial charge in [0.05, 0.1) is 23.5 Å². The van der Waals surface area contributed by atoms with Crippen molar-refractivity contribution in [1.82, 2.24) is 19.3 Å². The normalized spacial score (nSPS) is 11.1. The Labute approximate surface area is 116 Å². The SMILES string of the molecule is CCc1cc(CSc2ncc(CCl)n2C)n(C)n1. The third kappa shape index (κ3) is 2.72. The Morgan fingerprint density at radius 3 is 2.67 bits per heavy atom. The lowest BCUT2D eigenvalue weighted by atomic mass is 10.3. The van der Waals surface area contributed by atoms with Gasteiger partial charge >= 0.3 is 0 Å². The molecule has 0 amide bonds. The van der Waals surface area contributed by atoms with Gasteiger partial charge in [0.25, 0.3) is 0 Å². The van der Waals surface area contributed by atoms with Gasteiger partial charge in [0.15, 0.2) is 5.16 Å². The van der Waals surface area contributed by atoms with Gasteiger partial charge in [-0.05, 0) is 12.5 Å². The van der Waals surface area contributed by atoms with E-state index in [0.717, 1.165) is 28.7 Å². The van der Waals surface area contributed by atoms with E-state index in [0.29, 0.717) is 5.88 Å². The molecule has 4 nitrogen and oxygen atoms in total. The van der Waals surface area contributed by atoms with Crippen LogP contribution in [-0.2, 0) is 32.1 Å². The maximum absolute atomic E-state index is 5.83. The Hall–Kier alpha value is -0.940. The first kappa shape index (κ1) is 13.5. The van der Waals surface area contributed by atoms with E-state index in [1.54, 1.807) is 11.8 Å². The van der Waals surface area contributed by atoms with E-state index in [-0.39, 0.29) is 0 Å². The fourth-order valence-electron chi connectivity index (χ4n) is 1.70. The molecular weight excluding hydrogens is 268 g/mol. The van der Waals surface area contributed by atoms with Gasteiger partial charge in [-0.1, -0.05) is 18.7 Å². The van der Waals surface area contributed by atoms with Crippen LogP contribution in [0.4, 0.5) is 0 Å². The number of nitrogens with zero attached hydrogens (tertiary/aromatic N) is 4. The van der Waals surface area contributed by atoms with Crippen molar-refractivity contribution >= 4 is 23.4 Å². The first-order valence-corrected chi connectivity index (χ1v) is 7.38. The van der Waals surface area contributed by atoms with Crippen molar-refractivity contribution in [2.75, 3.05) is 0 Å². The predicted molar refractivity (Wildman–Crippen MR) is 74.9 cm³/mol. The highest BCUT2D eigenvalue weighted by atomic mass is 35.5. The van der Waals surface area contributed by atoms with E-state index in [2.05, 4.69) is 23.1 Å². The maximum Gasteiger partial charge on any atom is 0.168 e. The average molecular weight is 285 g/mol. The van der Waals surface area contributed by atoms with Gasteiger partial charge in [0.1, 0.15) is 0 Å². The summed E-state index contributed by atoms with van der Waals surface area (Å²) in [6.07, 6.45) is 2.80. The minimum Gasteiger partial charge on any atom is -0.325 e. The zero-order valence-electron chi connectivity index (χ0n) is 10.9. The molecule has 0 bridgehead atoms. The number of imidazole rings is 1. The van der Waals surface area contributed by atoms with Crippen LogP contribution in [0, 0.1) is 0 Å². The minimum absolute atomic E-state index is 0.496. The van der Waals surface area contributed by atoms with Gasteiger partial charge < -0.3 is 4.57 Å². The zero-order chi connectivity index (χ0) is 13.1. The predicted octanol–water partition coefficient (Wildman–Crippen LogP) is 2.75. The summed E-state index contributed by atoms with van der Waals surface area (Å²) in [5.74, 6) is 1.37. The first-order chi connectivity index (χ1) is 8.65. The third-order valence-electron chi connectivity index (χ3n) is 2.92. The smallest absolute Gasteiger partial charge is 0.168 e. The lowest BCUT2D eigenvalue weighted by Gasteiger charge is -2.04. The molecule has 0 saturated carbocycles. The summed E-state index contributed by atoms with van der Waals surface area (Å²) in [6.45, 7) is 2.12. The molecule has 0 fully saturated rings. The van der Waals surface area contributed by atoms with E-state index in [1.807, 2.05) is 29.5 Å². The highest BCUT2D eigenvalue weighted by Gasteiger charge is 2.09. The Kier molecular flexibility index (Phi) is 4.35. The molecular formula is C12H17ClN4S. The molecule has 0 spiro atoms. The number of halogens is 1. The molecule has 18 heavy (non-hydrogen) atoms. The van der Waals surface area contributed by atoms with Gasteiger partial charge in [0, 0.05) is 25.5 Å². The molecule has 0 aromatic carbocycles. The Morgan fingerprint density at radius 2 is 2.11 bits per heavy atom. The van der Waals surface area contributed by atoms with Crippen LogP contribution in [0.3, 0.4) is 0 Å². The fraction of sp³-hybridized carbons (Fsp3) is 0.500. The van der Waals surface area contributed by atoms with E-state index >= 15 is 0 Å². The third-order valence-corrected chi connectivity index (χ3v) is 4.27. The maximum atomic E-state index is 5.83. The van der Waals surface area contributed by atoms with E-state index < -0.39 is 0 Å². The van der Waals surface area contributed by atoms with Gasteiger partial charge in [-0.2, -0.15) is 5.10 Å². The molecule has 0 aliphatic heterocycles. The van der Waals surface area contributed by atoms with Crippen molar-refractivity contribution in [2.24, 2.45) is 14.1 Å². The molecule has 0 saturated heterocycles. The van der Waals surface area contributed by atoms with Crippen LogP contribution >= 0.6 is 23.4 Å². The van der Waals surface area contributed by atoms with Crippen molar-refractivity contribution in [3.05, 3.63) is 29.3 Å². The number of hydrogen-bond acceptors (Lipinski definition) is 3. The highest BCUT2D eigenvalue weighted by molar-refractivity contribution is 7.98. The van der Waals surface area contributed by atoms with Crippen LogP contribution in [0.15, 0.2) is 17.4 Å². The number of hydrogen-bond donors (Lipinski definition) is 0. The standard InChI is InChI=1S/C12H17ClN4S/c1-4-9-5-10(17(3)15-9)8-18-12-14-7-11(6-13)16(12)2/h5,7H,4,6,8H2,1-3H3. The van der Waals surface area contributed by atoms with Crippen LogP contribution in [-0.4, -0.2) is 19.3 Å². The summed E-state index contributed by atoms with van der Waals surface area (Å²) in [6, 6.07) is 2.15. The molecule has 0 aliphatic rings. The second kappa shape index (κ2) is 5.80. The molecule has 0 unspecified atom stereocenters. The van der Waals surface area contributed by atoms with Crippen LogP contribution in [0.25, 0.3) is 0 Å². The second-order valence-corrected chi connectivity index (χ2v) is 5.33. The molecule has 0 aliphatic carbocycles. The lowest BCUT2D eigenvalue weighted by Crippen LogP contribution is -1.99. The zero-order valence-corrected chi connectivity index (χ0v) is 12.4. The number of thioether (sulfide) groups is 1. The Morgan fingerprint density at radius 1 is 1.33 bits per heavy atom. The summed E-state index contributed by atoms with van der Waals surface area (Å²) in [5.41, 5.74) is 3.39. The lowest BCUT2D eigenvalue weighted by molar-refractivity contribution is 0.717. The second-order valence-electron chi connectivity index (χ2n) is 4.12. The molecule has 2 heterocycles. The van der Waals surface area contributed by atoms with Crippen molar-refractivity contribution in [3.8, 4) is 0 Å². The molecule has 0 radical (unpaired) electrons. The Bertz CT molecular complexity index is 530. The molecule has 2 aromatic heterocycles.